The smallest absolute Gasteiger partial charge is 0.248 e. The molecule has 2 N–H and O–H groups in total. The second-order valence-electron chi connectivity index (χ2n) is 4.61. The van der Waals surface area contributed by atoms with E-state index in [2.05, 4.69) is 22.6 Å². The molecule has 0 aliphatic rings. The van der Waals surface area contributed by atoms with Crippen LogP contribution in [0.25, 0.3) is 0 Å². The van der Waals surface area contributed by atoms with Gasteiger partial charge in [0.25, 0.3) is 0 Å². The Kier molecular flexibility index (Phi) is 6.38. The molecule has 0 spiro atoms. The van der Waals surface area contributed by atoms with Gasteiger partial charge in [0.05, 0.1) is 10.2 Å². The summed E-state index contributed by atoms with van der Waals surface area (Å²) in [5.41, 5.74) is 6.50. The van der Waals surface area contributed by atoms with Crippen molar-refractivity contribution in [2.45, 2.75) is 13.5 Å². The summed E-state index contributed by atoms with van der Waals surface area (Å²) < 4.78 is 12.1. The molecule has 0 saturated carbocycles. The lowest BCUT2D eigenvalue weighted by Gasteiger charge is -2.15. The number of carbonyl (C=O) groups excluding carboxylic acids is 1. The number of rotatable bonds is 6. The van der Waals surface area contributed by atoms with E-state index in [1.807, 2.05) is 6.92 Å². The largest absolute Gasteiger partial charge is 0.490 e. The molecule has 0 heterocycles. The third kappa shape index (κ3) is 4.65. The van der Waals surface area contributed by atoms with Crippen molar-refractivity contribution >= 4 is 51.7 Å². The van der Waals surface area contributed by atoms with Crippen molar-refractivity contribution in [3.05, 3.63) is 55.1 Å². The Morgan fingerprint density at radius 3 is 2.57 bits per heavy atom. The van der Waals surface area contributed by atoms with Crippen molar-refractivity contribution in [2.75, 3.05) is 6.61 Å². The predicted molar refractivity (Wildman–Crippen MR) is 99.6 cm³/mol. The number of halogens is 3. The van der Waals surface area contributed by atoms with Crippen LogP contribution in [-0.4, -0.2) is 12.5 Å². The van der Waals surface area contributed by atoms with Crippen molar-refractivity contribution in [1.82, 2.24) is 0 Å². The highest BCUT2D eigenvalue weighted by Gasteiger charge is 2.15. The topological polar surface area (TPSA) is 61.5 Å². The molecular weight excluding hydrogens is 452 g/mol. The summed E-state index contributed by atoms with van der Waals surface area (Å²) in [4.78, 5) is 11.4. The van der Waals surface area contributed by atoms with Crippen LogP contribution in [0.1, 0.15) is 22.8 Å². The van der Waals surface area contributed by atoms with E-state index in [9.17, 15) is 4.79 Å². The van der Waals surface area contributed by atoms with Crippen molar-refractivity contribution in [3.63, 3.8) is 0 Å². The Labute approximate surface area is 158 Å². The van der Waals surface area contributed by atoms with Gasteiger partial charge in [-0.3, -0.25) is 4.79 Å². The minimum Gasteiger partial charge on any atom is -0.490 e. The quantitative estimate of drug-likeness (QED) is 0.630. The summed E-state index contributed by atoms with van der Waals surface area (Å²) in [7, 11) is 0. The second kappa shape index (κ2) is 8.08. The van der Waals surface area contributed by atoms with Crippen LogP contribution in [0.4, 0.5) is 0 Å². The van der Waals surface area contributed by atoms with Crippen molar-refractivity contribution in [1.29, 1.82) is 0 Å². The number of nitrogens with two attached hydrogens (primary N) is 1. The molecule has 0 saturated heterocycles. The zero-order valence-corrected chi connectivity index (χ0v) is 15.9. The Morgan fingerprint density at radius 2 is 1.96 bits per heavy atom. The summed E-state index contributed by atoms with van der Waals surface area (Å²) in [6.45, 7) is 2.54. The van der Waals surface area contributed by atoms with Gasteiger partial charge >= 0.3 is 0 Å². The molecule has 4 nitrogen and oxygen atoms in total. The molecule has 0 radical (unpaired) electrons. The molecule has 7 heteroatoms. The van der Waals surface area contributed by atoms with Crippen LogP contribution in [0.5, 0.6) is 11.5 Å². The molecule has 1 amide bonds. The number of carbonyl (C=O) groups is 1. The van der Waals surface area contributed by atoms with Gasteiger partial charge in [0.15, 0.2) is 11.5 Å². The average Bonchev–Trinajstić information content (AvgIpc) is 2.48. The lowest BCUT2D eigenvalue weighted by atomic mass is 10.2. The SMILES string of the molecule is CCOc1cc(C(N)=O)cc(I)c1OCc1ccc(Cl)cc1Cl. The van der Waals surface area contributed by atoms with Crippen molar-refractivity contribution in [2.24, 2.45) is 5.73 Å². The fourth-order valence-corrected chi connectivity index (χ4v) is 3.12. The maximum atomic E-state index is 11.4. The molecule has 122 valence electrons. The Bertz CT molecular complexity index is 738. The van der Waals surface area contributed by atoms with E-state index >= 15 is 0 Å². The summed E-state index contributed by atoms with van der Waals surface area (Å²) in [5, 5.41) is 1.09. The first kappa shape index (κ1) is 18.2. The Balaban J connectivity index is 2.29. The molecule has 0 aliphatic heterocycles. The maximum Gasteiger partial charge on any atom is 0.248 e. The molecule has 0 aromatic heterocycles. The third-order valence-corrected chi connectivity index (χ3v) is 4.37. The highest BCUT2D eigenvalue weighted by molar-refractivity contribution is 14.1. The fraction of sp³-hybridized carbons (Fsp3) is 0.188. The van der Waals surface area contributed by atoms with E-state index in [0.717, 1.165) is 9.13 Å². The lowest BCUT2D eigenvalue weighted by molar-refractivity contribution is 0.0999. The zero-order valence-electron chi connectivity index (χ0n) is 12.2. The normalized spacial score (nSPS) is 10.4. The van der Waals surface area contributed by atoms with Gasteiger partial charge in [-0.15, -0.1) is 0 Å². The summed E-state index contributed by atoms with van der Waals surface area (Å²) in [6.07, 6.45) is 0. The number of hydrogen-bond donors (Lipinski definition) is 1. The van der Waals surface area contributed by atoms with E-state index in [-0.39, 0.29) is 6.61 Å². The van der Waals surface area contributed by atoms with E-state index in [0.29, 0.717) is 33.7 Å². The van der Waals surface area contributed by atoms with Crippen molar-refractivity contribution in [3.8, 4) is 11.5 Å². The Hall–Kier alpha value is -1.18. The van der Waals surface area contributed by atoms with Crippen molar-refractivity contribution < 1.29 is 14.3 Å². The van der Waals surface area contributed by atoms with Gasteiger partial charge in [-0.05, 0) is 53.8 Å². The number of ether oxygens (including phenoxy) is 2. The molecule has 0 atom stereocenters. The maximum absolute atomic E-state index is 11.4. The number of amides is 1. The number of benzene rings is 2. The predicted octanol–water partition coefficient (Wildman–Crippen LogP) is 4.67. The standard InChI is InChI=1S/C16H14Cl2INO3/c1-2-22-14-6-10(16(20)21)5-13(19)15(14)23-8-9-3-4-11(17)7-12(9)18/h3-7H,2,8H2,1H3,(H2,20,21). The first-order valence-corrected chi connectivity index (χ1v) is 8.58. The van der Waals surface area contributed by atoms with Crippen LogP contribution in [0, 0.1) is 3.57 Å². The molecular formula is C16H14Cl2INO3. The highest BCUT2D eigenvalue weighted by Crippen LogP contribution is 2.35. The molecule has 2 aromatic carbocycles. The molecule has 23 heavy (non-hydrogen) atoms. The summed E-state index contributed by atoms with van der Waals surface area (Å²) in [5.74, 6) is 0.498. The monoisotopic (exact) mass is 465 g/mol. The lowest BCUT2D eigenvalue weighted by Crippen LogP contribution is -2.12. The van der Waals surface area contributed by atoms with Gasteiger partial charge in [-0.25, -0.2) is 0 Å². The van der Waals surface area contributed by atoms with E-state index in [4.69, 9.17) is 38.4 Å². The van der Waals surface area contributed by atoms with Gasteiger partial charge in [-0.2, -0.15) is 0 Å². The molecule has 0 unspecified atom stereocenters. The summed E-state index contributed by atoms with van der Waals surface area (Å²) in [6, 6.07) is 8.44. The van der Waals surface area contributed by atoms with Crippen LogP contribution in [0.2, 0.25) is 10.0 Å². The Morgan fingerprint density at radius 1 is 1.22 bits per heavy atom. The van der Waals surface area contributed by atoms with Gasteiger partial charge in [0.2, 0.25) is 5.91 Å². The van der Waals surface area contributed by atoms with Gasteiger partial charge in [0, 0.05) is 21.2 Å². The minimum absolute atomic E-state index is 0.252. The number of primary amides is 1. The van der Waals surface area contributed by atoms with Crippen LogP contribution >= 0.6 is 45.8 Å². The highest BCUT2D eigenvalue weighted by atomic mass is 127. The average molecular weight is 466 g/mol. The zero-order chi connectivity index (χ0) is 17.0. The first-order chi connectivity index (χ1) is 10.9. The molecule has 2 aromatic rings. The van der Waals surface area contributed by atoms with Gasteiger partial charge in [0.1, 0.15) is 6.61 Å². The van der Waals surface area contributed by atoms with E-state index < -0.39 is 5.91 Å². The number of hydrogen-bond acceptors (Lipinski definition) is 3. The van der Waals surface area contributed by atoms with Crippen LogP contribution < -0.4 is 15.2 Å². The van der Waals surface area contributed by atoms with Crippen LogP contribution in [0.3, 0.4) is 0 Å². The molecule has 0 bridgehead atoms. The van der Waals surface area contributed by atoms with Gasteiger partial charge < -0.3 is 15.2 Å². The fourth-order valence-electron chi connectivity index (χ4n) is 1.90. The second-order valence-corrected chi connectivity index (χ2v) is 6.61. The van der Waals surface area contributed by atoms with Gasteiger partial charge in [-0.1, -0.05) is 29.3 Å². The van der Waals surface area contributed by atoms with Crippen LogP contribution in [-0.2, 0) is 6.61 Å². The summed E-state index contributed by atoms with van der Waals surface area (Å²) >= 11 is 14.1. The van der Waals surface area contributed by atoms with Crippen LogP contribution in [0.15, 0.2) is 30.3 Å². The third-order valence-electron chi connectivity index (χ3n) is 2.98. The molecule has 2 rings (SSSR count). The minimum atomic E-state index is -0.517. The van der Waals surface area contributed by atoms with E-state index in [1.165, 1.54) is 0 Å². The first-order valence-electron chi connectivity index (χ1n) is 6.75. The van der Waals surface area contributed by atoms with E-state index in [1.54, 1.807) is 30.3 Å². The molecule has 0 fully saturated rings. The molecule has 0 aliphatic carbocycles.